The fourth-order valence-corrected chi connectivity index (χ4v) is 2.52. The fraction of sp³-hybridized carbons (Fsp3) is 0.286. The molecule has 0 atom stereocenters. The molecule has 5 heteroatoms. The third-order valence-corrected chi connectivity index (χ3v) is 3.46. The maximum absolute atomic E-state index is 13.3. The van der Waals surface area contributed by atoms with E-state index in [4.69, 9.17) is 11.6 Å². The van der Waals surface area contributed by atoms with Crippen molar-refractivity contribution in [3.05, 3.63) is 41.2 Å². The summed E-state index contributed by atoms with van der Waals surface area (Å²) in [5.41, 5.74) is 1.27. The lowest BCUT2D eigenvalue weighted by Crippen LogP contribution is -2.19. The first-order chi connectivity index (χ1) is 9.22. The van der Waals surface area contributed by atoms with Gasteiger partial charge in [0.1, 0.15) is 5.82 Å². The van der Waals surface area contributed by atoms with Crippen LogP contribution in [-0.2, 0) is 0 Å². The first-order valence-electron chi connectivity index (χ1n) is 6.27. The molecule has 0 saturated carbocycles. The van der Waals surface area contributed by atoms with Crippen LogP contribution in [0.3, 0.4) is 0 Å². The minimum absolute atomic E-state index is 0.361. The van der Waals surface area contributed by atoms with Gasteiger partial charge in [0, 0.05) is 23.7 Å². The van der Waals surface area contributed by atoms with Crippen molar-refractivity contribution in [2.45, 2.75) is 12.8 Å². The van der Waals surface area contributed by atoms with Crippen LogP contribution in [0.4, 0.5) is 10.2 Å². The van der Waals surface area contributed by atoms with Gasteiger partial charge in [0.2, 0.25) is 0 Å². The summed E-state index contributed by atoms with van der Waals surface area (Å²) < 4.78 is 13.3. The predicted molar refractivity (Wildman–Crippen MR) is 73.9 cm³/mol. The Balaban J connectivity index is 1.89. The van der Waals surface area contributed by atoms with Crippen molar-refractivity contribution in [2.24, 2.45) is 0 Å². The van der Waals surface area contributed by atoms with Gasteiger partial charge in [0.05, 0.1) is 5.69 Å². The summed E-state index contributed by atoms with van der Waals surface area (Å²) in [6.07, 6.45) is 2.39. The average molecular weight is 278 g/mol. The predicted octanol–water partition coefficient (Wildman–Crippen LogP) is 3.54. The number of nitrogens with zero attached hydrogens (tertiary/aromatic N) is 3. The van der Waals surface area contributed by atoms with E-state index in [1.165, 1.54) is 25.0 Å². The van der Waals surface area contributed by atoms with Gasteiger partial charge in [-0.25, -0.2) is 4.39 Å². The second-order valence-corrected chi connectivity index (χ2v) is 5.07. The smallest absolute Gasteiger partial charge is 0.151 e. The number of benzene rings is 1. The molecule has 3 nitrogen and oxygen atoms in total. The third-order valence-electron chi connectivity index (χ3n) is 3.24. The lowest BCUT2D eigenvalue weighted by Gasteiger charge is -2.15. The molecule has 0 bridgehead atoms. The quantitative estimate of drug-likeness (QED) is 0.841. The molecule has 3 rings (SSSR count). The van der Waals surface area contributed by atoms with Crippen molar-refractivity contribution in [2.75, 3.05) is 18.0 Å². The Morgan fingerprint density at radius 1 is 1.05 bits per heavy atom. The molecule has 2 aromatic rings. The first kappa shape index (κ1) is 12.4. The maximum atomic E-state index is 13.3. The number of halogens is 2. The van der Waals surface area contributed by atoms with Crippen LogP contribution in [0, 0.1) is 5.82 Å². The Morgan fingerprint density at radius 3 is 2.47 bits per heavy atom. The van der Waals surface area contributed by atoms with Crippen LogP contribution in [0.1, 0.15) is 12.8 Å². The highest BCUT2D eigenvalue weighted by Crippen LogP contribution is 2.24. The van der Waals surface area contributed by atoms with Gasteiger partial charge in [-0.15, -0.1) is 10.2 Å². The molecule has 1 aliphatic rings. The number of hydrogen-bond donors (Lipinski definition) is 0. The lowest BCUT2D eigenvalue weighted by atomic mass is 10.1. The van der Waals surface area contributed by atoms with E-state index in [0.717, 1.165) is 18.9 Å². The van der Waals surface area contributed by atoms with E-state index in [0.29, 0.717) is 16.3 Å². The lowest BCUT2D eigenvalue weighted by molar-refractivity contribution is 0.628. The normalized spacial score (nSPS) is 14.9. The van der Waals surface area contributed by atoms with Gasteiger partial charge in [-0.3, -0.25) is 0 Å². The molecule has 19 heavy (non-hydrogen) atoms. The Kier molecular flexibility index (Phi) is 3.34. The second kappa shape index (κ2) is 5.13. The standard InChI is InChI=1S/C14H13ClFN3/c15-11-7-10(8-12(16)9-11)13-3-4-14(18-17-13)19-5-1-2-6-19/h3-4,7-9H,1-2,5-6H2. The van der Waals surface area contributed by atoms with Gasteiger partial charge in [-0.1, -0.05) is 11.6 Å². The third kappa shape index (κ3) is 2.68. The molecule has 0 N–H and O–H groups in total. The molecule has 1 fully saturated rings. The Morgan fingerprint density at radius 2 is 1.84 bits per heavy atom. The van der Waals surface area contributed by atoms with Crippen LogP contribution >= 0.6 is 11.6 Å². The van der Waals surface area contributed by atoms with E-state index < -0.39 is 0 Å². The molecular weight excluding hydrogens is 265 g/mol. The van der Waals surface area contributed by atoms with E-state index in [1.807, 2.05) is 12.1 Å². The van der Waals surface area contributed by atoms with Gasteiger partial charge in [-0.2, -0.15) is 0 Å². The molecule has 1 aromatic heterocycles. The minimum Gasteiger partial charge on any atom is -0.355 e. The van der Waals surface area contributed by atoms with Gasteiger partial charge < -0.3 is 4.90 Å². The van der Waals surface area contributed by atoms with Gasteiger partial charge >= 0.3 is 0 Å². The molecule has 1 aromatic carbocycles. The van der Waals surface area contributed by atoms with Crippen molar-refractivity contribution >= 4 is 17.4 Å². The van der Waals surface area contributed by atoms with Crippen molar-refractivity contribution in [3.63, 3.8) is 0 Å². The van der Waals surface area contributed by atoms with Crippen molar-refractivity contribution in [1.82, 2.24) is 10.2 Å². The molecule has 98 valence electrons. The van der Waals surface area contributed by atoms with Gasteiger partial charge in [-0.05, 0) is 43.2 Å². The molecule has 0 unspecified atom stereocenters. The van der Waals surface area contributed by atoms with E-state index >= 15 is 0 Å². The van der Waals surface area contributed by atoms with Gasteiger partial charge in [0.25, 0.3) is 0 Å². The second-order valence-electron chi connectivity index (χ2n) is 4.63. The zero-order valence-corrected chi connectivity index (χ0v) is 11.1. The first-order valence-corrected chi connectivity index (χ1v) is 6.65. The van der Waals surface area contributed by atoms with Crippen LogP contribution in [0.5, 0.6) is 0 Å². The number of hydrogen-bond acceptors (Lipinski definition) is 3. The number of rotatable bonds is 2. The average Bonchev–Trinajstić information content (AvgIpc) is 2.91. The maximum Gasteiger partial charge on any atom is 0.151 e. The van der Waals surface area contributed by atoms with Crippen molar-refractivity contribution in [1.29, 1.82) is 0 Å². The van der Waals surface area contributed by atoms with Crippen LogP contribution < -0.4 is 4.90 Å². The van der Waals surface area contributed by atoms with E-state index in [-0.39, 0.29) is 5.82 Å². The van der Waals surface area contributed by atoms with Crippen LogP contribution in [0.25, 0.3) is 11.3 Å². The number of anilines is 1. The van der Waals surface area contributed by atoms with Gasteiger partial charge in [0.15, 0.2) is 5.82 Å². The van der Waals surface area contributed by atoms with E-state index in [9.17, 15) is 4.39 Å². The molecule has 0 amide bonds. The van der Waals surface area contributed by atoms with Crippen LogP contribution in [0.15, 0.2) is 30.3 Å². The SMILES string of the molecule is Fc1cc(Cl)cc(-c2ccc(N3CCCC3)nn2)c1. The molecular formula is C14H13ClFN3. The Bertz CT molecular complexity index is 559. The highest BCUT2D eigenvalue weighted by molar-refractivity contribution is 6.30. The van der Waals surface area contributed by atoms with Crippen molar-refractivity contribution in [3.8, 4) is 11.3 Å². The monoisotopic (exact) mass is 277 g/mol. The summed E-state index contributed by atoms with van der Waals surface area (Å²) in [5.74, 6) is 0.511. The summed E-state index contributed by atoms with van der Waals surface area (Å²) >= 11 is 5.84. The summed E-state index contributed by atoms with van der Waals surface area (Å²) in [6, 6.07) is 8.14. The summed E-state index contributed by atoms with van der Waals surface area (Å²) in [6.45, 7) is 2.06. The zero-order chi connectivity index (χ0) is 13.2. The van der Waals surface area contributed by atoms with E-state index in [2.05, 4.69) is 15.1 Å². The zero-order valence-electron chi connectivity index (χ0n) is 10.3. The summed E-state index contributed by atoms with van der Waals surface area (Å²) in [7, 11) is 0. The van der Waals surface area contributed by atoms with Crippen LogP contribution in [0.2, 0.25) is 5.02 Å². The molecule has 1 saturated heterocycles. The Hall–Kier alpha value is -1.68. The summed E-state index contributed by atoms with van der Waals surface area (Å²) in [5, 5.41) is 8.73. The molecule has 0 radical (unpaired) electrons. The summed E-state index contributed by atoms with van der Waals surface area (Å²) in [4.78, 5) is 2.20. The number of aromatic nitrogens is 2. The van der Waals surface area contributed by atoms with Crippen molar-refractivity contribution < 1.29 is 4.39 Å². The molecule has 1 aliphatic heterocycles. The highest BCUT2D eigenvalue weighted by atomic mass is 35.5. The molecule has 2 heterocycles. The van der Waals surface area contributed by atoms with E-state index in [1.54, 1.807) is 6.07 Å². The largest absolute Gasteiger partial charge is 0.355 e. The Labute approximate surface area is 116 Å². The molecule has 0 spiro atoms. The fourth-order valence-electron chi connectivity index (χ4n) is 2.30. The topological polar surface area (TPSA) is 29.0 Å². The molecule has 0 aliphatic carbocycles. The minimum atomic E-state index is -0.368. The highest BCUT2D eigenvalue weighted by Gasteiger charge is 2.14. The van der Waals surface area contributed by atoms with Crippen LogP contribution in [-0.4, -0.2) is 23.3 Å².